The molecule has 0 aromatic heterocycles. The molecule has 1 aromatic rings. The van der Waals surface area contributed by atoms with Gasteiger partial charge in [0.25, 0.3) is 0 Å². The topological polar surface area (TPSA) is 72.8 Å². The van der Waals surface area contributed by atoms with Gasteiger partial charge in [-0.15, -0.1) is 0 Å². The average molecular weight is 376 g/mol. The van der Waals surface area contributed by atoms with Crippen molar-refractivity contribution in [1.82, 2.24) is 0 Å². The monoisotopic (exact) mass is 376 g/mol. The van der Waals surface area contributed by atoms with Gasteiger partial charge < -0.3 is 14.4 Å². The van der Waals surface area contributed by atoms with Crippen molar-refractivity contribution in [3.05, 3.63) is 40.4 Å². The summed E-state index contributed by atoms with van der Waals surface area (Å²) in [5, 5.41) is 9.14. The predicted octanol–water partition coefficient (Wildman–Crippen LogP) is 3.99. The fraction of sp³-hybridized carbons (Fsp3) is 0.474. The number of carbonyl (C=O) groups is 2. The second-order valence-corrected chi connectivity index (χ2v) is 8.62. The Morgan fingerprint density at radius 2 is 1.77 bits per heavy atom. The van der Waals surface area contributed by atoms with Gasteiger partial charge in [0, 0.05) is 12.7 Å². The third kappa shape index (κ3) is 4.58. The Balaban J connectivity index is 2.38. The Morgan fingerprint density at radius 3 is 2.23 bits per heavy atom. The van der Waals surface area contributed by atoms with E-state index < -0.39 is 24.3 Å². The lowest BCUT2D eigenvalue weighted by molar-refractivity contribution is -0.109. The zero-order valence-corrected chi connectivity index (χ0v) is 16.9. The molecular formula is C19H25BO5S. The predicted molar refractivity (Wildman–Crippen MR) is 105 cm³/mol. The summed E-state index contributed by atoms with van der Waals surface area (Å²) >= 11 is 1.20. The van der Waals surface area contributed by atoms with E-state index in [0.717, 1.165) is 16.6 Å². The van der Waals surface area contributed by atoms with Gasteiger partial charge in [0.2, 0.25) is 0 Å². The molecule has 0 bridgehead atoms. The van der Waals surface area contributed by atoms with E-state index in [1.54, 1.807) is 18.2 Å². The summed E-state index contributed by atoms with van der Waals surface area (Å²) in [6.07, 6.45) is 1.93. The summed E-state index contributed by atoms with van der Waals surface area (Å²) in [5.74, 6) is -0.506. The van der Waals surface area contributed by atoms with E-state index in [4.69, 9.17) is 14.4 Å². The molecule has 0 saturated carbocycles. The molecule has 0 atom stereocenters. The molecule has 0 spiro atoms. The molecule has 1 aliphatic heterocycles. The summed E-state index contributed by atoms with van der Waals surface area (Å²) in [7, 11) is -0.551. The third-order valence-corrected chi connectivity index (χ3v) is 5.74. The van der Waals surface area contributed by atoms with Crippen LogP contribution in [0.2, 0.25) is 0 Å². The molecular weight excluding hydrogens is 351 g/mol. The maximum Gasteiger partial charge on any atom is 0.491 e. The van der Waals surface area contributed by atoms with Crippen LogP contribution in [0.1, 0.15) is 56.1 Å². The van der Waals surface area contributed by atoms with Crippen LogP contribution in [0.3, 0.4) is 0 Å². The van der Waals surface area contributed by atoms with E-state index in [0.29, 0.717) is 5.75 Å². The highest BCUT2D eigenvalue weighted by Crippen LogP contribution is 2.39. The Hall–Kier alpha value is -1.57. The van der Waals surface area contributed by atoms with Crippen LogP contribution >= 0.6 is 11.8 Å². The van der Waals surface area contributed by atoms with Gasteiger partial charge in [-0.2, -0.15) is 0 Å². The molecule has 5 nitrogen and oxygen atoms in total. The molecule has 1 saturated heterocycles. The fourth-order valence-electron chi connectivity index (χ4n) is 2.53. The first-order chi connectivity index (χ1) is 11.9. The number of carboxylic acids is 1. The minimum atomic E-state index is -0.957. The van der Waals surface area contributed by atoms with Crippen molar-refractivity contribution in [2.75, 3.05) is 5.75 Å². The smallest absolute Gasteiger partial charge is 0.478 e. The average Bonchev–Trinajstić information content (AvgIpc) is 2.72. The Kier molecular flexibility index (Phi) is 6.05. The standard InChI is InChI=1S/C19H25BO5S/c1-12-9-15(17(22)23)8-7-14(12)10-16(11-26-13(2)21)20-24-18(3,4)19(5,6)25-20/h7-10H,11H2,1-6H3,(H,22,23). The maximum absolute atomic E-state index is 11.4. The van der Waals surface area contributed by atoms with Gasteiger partial charge in [0.1, 0.15) is 0 Å². The fourth-order valence-corrected chi connectivity index (χ4v) is 3.12. The summed E-state index contributed by atoms with van der Waals surface area (Å²) in [4.78, 5) is 22.6. The van der Waals surface area contributed by atoms with Crippen LogP contribution in [0.4, 0.5) is 0 Å². The van der Waals surface area contributed by atoms with Crippen LogP contribution in [-0.4, -0.2) is 40.3 Å². The molecule has 0 radical (unpaired) electrons. The lowest BCUT2D eigenvalue weighted by atomic mass is 9.78. The SMILES string of the molecule is CC(=O)SCC(=Cc1ccc(C(=O)O)cc1C)B1OC(C)(C)C(C)(C)O1. The molecule has 0 unspecified atom stereocenters. The lowest BCUT2D eigenvalue weighted by Crippen LogP contribution is -2.41. The van der Waals surface area contributed by atoms with E-state index in [9.17, 15) is 9.59 Å². The van der Waals surface area contributed by atoms with Crippen LogP contribution in [0.15, 0.2) is 23.7 Å². The number of carbonyl (C=O) groups excluding carboxylic acids is 1. The second kappa shape index (κ2) is 7.58. The van der Waals surface area contributed by atoms with Gasteiger partial charge in [0.15, 0.2) is 5.12 Å². The Morgan fingerprint density at radius 1 is 1.19 bits per heavy atom. The number of carboxylic acid groups (broad SMARTS) is 1. The molecule has 140 valence electrons. The van der Waals surface area contributed by atoms with E-state index in [-0.39, 0.29) is 10.7 Å². The Bertz CT molecular complexity index is 738. The van der Waals surface area contributed by atoms with Crippen LogP contribution in [0.25, 0.3) is 6.08 Å². The van der Waals surface area contributed by atoms with Gasteiger partial charge in [-0.25, -0.2) is 4.79 Å². The first-order valence-corrected chi connectivity index (χ1v) is 9.45. The van der Waals surface area contributed by atoms with Crippen LogP contribution < -0.4 is 0 Å². The van der Waals surface area contributed by atoms with Crippen LogP contribution in [0, 0.1) is 6.92 Å². The first kappa shape index (κ1) is 20.7. The quantitative estimate of drug-likeness (QED) is 0.784. The van der Waals surface area contributed by atoms with Crippen molar-refractivity contribution in [2.45, 2.75) is 52.7 Å². The molecule has 7 heteroatoms. The first-order valence-electron chi connectivity index (χ1n) is 8.46. The highest BCUT2D eigenvalue weighted by molar-refractivity contribution is 8.13. The second-order valence-electron chi connectivity index (χ2n) is 7.46. The van der Waals surface area contributed by atoms with E-state index in [2.05, 4.69) is 0 Å². The largest absolute Gasteiger partial charge is 0.491 e. The highest BCUT2D eigenvalue weighted by Gasteiger charge is 2.52. The number of rotatable bonds is 5. The molecule has 0 aliphatic carbocycles. The van der Waals surface area contributed by atoms with Crippen molar-refractivity contribution in [3.8, 4) is 0 Å². The third-order valence-electron chi connectivity index (χ3n) is 4.86. The molecule has 1 fully saturated rings. The summed E-state index contributed by atoms with van der Waals surface area (Å²) in [6, 6.07) is 4.97. The van der Waals surface area contributed by atoms with Gasteiger partial charge in [-0.3, -0.25) is 4.79 Å². The Labute approximate surface area is 159 Å². The zero-order chi connectivity index (χ0) is 19.7. The number of aromatic carboxylic acids is 1. The maximum atomic E-state index is 11.4. The van der Waals surface area contributed by atoms with Gasteiger partial charge in [-0.05, 0) is 63.4 Å². The van der Waals surface area contributed by atoms with E-state index >= 15 is 0 Å². The van der Waals surface area contributed by atoms with E-state index in [1.807, 2.05) is 40.7 Å². The number of benzene rings is 1. The molecule has 2 rings (SSSR count). The van der Waals surface area contributed by atoms with Crippen molar-refractivity contribution >= 4 is 36.0 Å². The number of aryl methyl sites for hydroxylation is 1. The number of hydrogen-bond acceptors (Lipinski definition) is 5. The molecule has 1 aliphatic rings. The number of thioether (sulfide) groups is 1. The van der Waals surface area contributed by atoms with Gasteiger partial charge >= 0.3 is 13.1 Å². The van der Waals surface area contributed by atoms with E-state index in [1.165, 1.54) is 18.7 Å². The van der Waals surface area contributed by atoms with Crippen molar-refractivity contribution < 1.29 is 24.0 Å². The summed E-state index contributed by atoms with van der Waals surface area (Å²) in [6.45, 7) is 11.3. The highest BCUT2D eigenvalue weighted by atomic mass is 32.2. The minimum absolute atomic E-state index is 0.0189. The van der Waals surface area contributed by atoms with Gasteiger partial charge in [0.05, 0.1) is 16.8 Å². The molecule has 1 heterocycles. The minimum Gasteiger partial charge on any atom is -0.478 e. The molecule has 0 amide bonds. The molecule has 1 aromatic carbocycles. The molecule has 1 N–H and O–H groups in total. The summed E-state index contributed by atoms with van der Waals surface area (Å²) in [5.41, 5.74) is 1.86. The van der Waals surface area contributed by atoms with Crippen molar-refractivity contribution in [1.29, 1.82) is 0 Å². The number of hydrogen-bond donors (Lipinski definition) is 1. The van der Waals surface area contributed by atoms with Crippen LogP contribution in [-0.2, 0) is 14.1 Å². The van der Waals surface area contributed by atoms with Gasteiger partial charge in [-0.1, -0.05) is 23.9 Å². The lowest BCUT2D eigenvalue weighted by Gasteiger charge is -2.32. The summed E-state index contributed by atoms with van der Waals surface area (Å²) < 4.78 is 12.2. The zero-order valence-electron chi connectivity index (χ0n) is 16.1. The van der Waals surface area contributed by atoms with Crippen molar-refractivity contribution in [3.63, 3.8) is 0 Å². The normalized spacial score (nSPS) is 18.8. The van der Waals surface area contributed by atoms with Crippen LogP contribution in [0.5, 0.6) is 0 Å². The van der Waals surface area contributed by atoms with Crippen molar-refractivity contribution in [2.24, 2.45) is 0 Å². The molecule has 26 heavy (non-hydrogen) atoms.